The van der Waals surface area contributed by atoms with Gasteiger partial charge in [0.2, 0.25) is 5.75 Å². The van der Waals surface area contributed by atoms with Crippen molar-refractivity contribution in [2.45, 2.75) is 4.90 Å². The first-order chi connectivity index (χ1) is 6.41. The first-order valence-electron chi connectivity index (χ1n) is 3.32. The van der Waals surface area contributed by atoms with Crippen LogP contribution in [0.1, 0.15) is 0 Å². The Kier molecular flexibility index (Phi) is 5.58. The largest absolute Gasteiger partial charge is 0.747 e. The maximum Gasteiger partial charge on any atom is 0.747 e. The van der Waals surface area contributed by atoms with E-state index in [1.807, 2.05) is 0 Å². The Morgan fingerprint density at radius 2 is 1.80 bits per heavy atom. The van der Waals surface area contributed by atoms with Gasteiger partial charge >= 0.3 is 8.25 Å². The predicted octanol–water partition coefficient (Wildman–Crippen LogP) is 0.959. The Balaban J connectivity index is 0.00000196. The van der Waals surface area contributed by atoms with Crippen molar-refractivity contribution in [2.75, 3.05) is 0 Å². The summed E-state index contributed by atoms with van der Waals surface area (Å²) in [6.45, 7) is 0. The van der Waals surface area contributed by atoms with E-state index >= 15 is 0 Å². The van der Waals surface area contributed by atoms with Crippen LogP contribution in [0.3, 0.4) is 0 Å². The predicted molar refractivity (Wildman–Crippen MR) is 46.7 cm³/mol. The molecule has 0 saturated heterocycles. The molecule has 15 heavy (non-hydrogen) atoms. The summed E-state index contributed by atoms with van der Waals surface area (Å²) in [5.74, 6) is -0.362. The van der Waals surface area contributed by atoms with E-state index in [-0.39, 0.29) is 27.5 Å². The molecule has 0 fully saturated rings. The minimum Gasteiger partial charge on any atom is -0.282 e. The molecule has 0 aliphatic heterocycles. The van der Waals surface area contributed by atoms with Crippen molar-refractivity contribution in [3.8, 4) is 5.75 Å². The Hall–Kier alpha value is -0.296. The van der Waals surface area contributed by atoms with Crippen molar-refractivity contribution < 1.29 is 48.7 Å². The van der Waals surface area contributed by atoms with Crippen molar-refractivity contribution in [1.82, 2.24) is 0 Å². The first-order valence-corrected chi connectivity index (χ1v) is 5.89. The average molecular weight is 285 g/mol. The maximum atomic E-state index is 10.7. The second-order valence-electron chi connectivity index (χ2n) is 2.25. The van der Waals surface area contributed by atoms with Gasteiger partial charge in [0.25, 0.3) is 10.1 Å². The molecule has 1 rings (SSSR count). The van der Waals surface area contributed by atoms with Crippen molar-refractivity contribution in [2.24, 2.45) is 0 Å². The molecule has 0 saturated carbocycles. The first kappa shape index (κ1) is 14.7. The molecule has 0 amide bonds. The van der Waals surface area contributed by atoms with Gasteiger partial charge in [0.05, 0.1) is 0 Å². The summed E-state index contributed by atoms with van der Waals surface area (Å²) in [7, 11) is -7.41. The molecule has 1 atom stereocenters. The van der Waals surface area contributed by atoms with E-state index in [2.05, 4.69) is 4.52 Å². The molecule has 0 bridgehead atoms. The molecule has 1 unspecified atom stereocenters. The van der Waals surface area contributed by atoms with E-state index in [0.717, 1.165) is 12.1 Å². The smallest absolute Gasteiger partial charge is 0.282 e. The quantitative estimate of drug-likeness (QED) is 0.487. The zero-order chi connectivity index (χ0) is 10.8. The van der Waals surface area contributed by atoms with Crippen LogP contribution in [0.2, 0.25) is 0 Å². The minimum atomic E-state index is -4.44. The molecule has 0 aromatic heterocycles. The van der Waals surface area contributed by atoms with Crippen LogP contribution in [0, 0.1) is 0 Å². The fourth-order valence-electron chi connectivity index (χ4n) is 0.823. The van der Waals surface area contributed by atoms with Crippen LogP contribution in [0.4, 0.5) is 0 Å². The monoisotopic (exact) mass is 285 g/mol. The molecule has 0 aliphatic carbocycles. The van der Waals surface area contributed by atoms with E-state index < -0.39 is 23.3 Å². The van der Waals surface area contributed by atoms with Crippen LogP contribution in [0.15, 0.2) is 29.2 Å². The summed E-state index contributed by atoms with van der Waals surface area (Å²) >= 11 is 0. The summed E-state index contributed by atoms with van der Waals surface area (Å²) in [5, 5.41) is 0. The number of hydrogen-bond donors (Lipinski definition) is 2. The van der Waals surface area contributed by atoms with E-state index in [0.29, 0.717) is 0 Å². The number of hydrogen-bond acceptors (Lipinski definition) is 4. The van der Waals surface area contributed by atoms with E-state index in [1.165, 1.54) is 12.1 Å². The standard InChI is InChI=1S/C6H5O6PS.Ti/c7-13(8)12-5-3-1-2-4-6(5)14(9,10)11;/h1-4H,(H-,7,8,9,10,11);/p+1. The molecule has 0 aliphatic rings. The summed E-state index contributed by atoms with van der Waals surface area (Å²) in [6.07, 6.45) is 0. The summed E-state index contributed by atoms with van der Waals surface area (Å²) in [5.41, 5.74) is 0. The molecule has 9 heteroatoms. The van der Waals surface area contributed by atoms with Gasteiger partial charge in [0.15, 0.2) is 0 Å². The van der Waals surface area contributed by atoms with Gasteiger partial charge in [-0.15, -0.1) is 4.89 Å². The molecule has 1 aromatic carbocycles. The van der Waals surface area contributed by atoms with Crippen LogP contribution in [-0.4, -0.2) is 17.9 Å². The van der Waals surface area contributed by atoms with Crippen molar-refractivity contribution >= 4 is 18.4 Å². The molecule has 80 valence electrons. The normalized spacial score (nSPS) is 11.5. The Bertz CT molecular complexity index is 458. The van der Waals surface area contributed by atoms with Gasteiger partial charge in [-0.2, -0.15) is 8.42 Å². The van der Waals surface area contributed by atoms with Crippen molar-refractivity contribution in [3.05, 3.63) is 24.3 Å². The third-order valence-electron chi connectivity index (χ3n) is 1.30. The second kappa shape index (κ2) is 5.70. The van der Waals surface area contributed by atoms with Crippen LogP contribution in [0.5, 0.6) is 5.75 Å². The van der Waals surface area contributed by atoms with Crippen molar-refractivity contribution in [3.63, 3.8) is 0 Å². The Morgan fingerprint density at radius 3 is 2.27 bits per heavy atom. The van der Waals surface area contributed by atoms with Gasteiger partial charge in [-0.05, 0) is 12.1 Å². The topological polar surface area (TPSA) is 101 Å². The Morgan fingerprint density at radius 1 is 1.27 bits per heavy atom. The molecular formula is C6H6O6PSTi+. The molecule has 0 heterocycles. The number of benzene rings is 1. The van der Waals surface area contributed by atoms with Crippen LogP contribution in [-0.2, 0) is 36.4 Å². The van der Waals surface area contributed by atoms with Gasteiger partial charge in [0.1, 0.15) is 4.90 Å². The molecule has 1 aromatic rings. The maximum absolute atomic E-state index is 10.7. The van der Waals surface area contributed by atoms with E-state index in [1.54, 1.807) is 0 Å². The zero-order valence-corrected chi connectivity index (χ0v) is 10.5. The average Bonchev–Trinajstić information content (AvgIpc) is 2.01. The number of para-hydroxylation sites is 1. The fraction of sp³-hybridized carbons (Fsp3) is 0. The SMILES string of the molecule is O=[P+](O)Oc1ccccc1S(=O)(=O)O.[Ti]. The minimum absolute atomic E-state index is 0. The van der Waals surface area contributed by atoms with Crippen LogP contribution in [0.25, 0.3) is 0 Å². The van der Waals surface area contributed by atoms with Crippen LogP contribution < -0.4 is 4.52 Å². The molecular weight excluding hydrogens is 279 g/mol. The number of rotatable bonds is 3. The van der Waals surface area contributed by atoms with Crippen molar-refractivity contribution in [1.29, 1.82) is 0 Å². The third-order valence-corrected chi connectivity index (χ3v) is 2.55. The second-order valence-corrected chi connectivity index (χ2v) is 4.30. The van der Waals surface area contributed by atoms with Crippen LogP contribution >= 0.6 is 8.25 Å². The molecule has 0 radical (unpaired) electrons. The van der Waals surface area contributed by atoms with Gasteiger partial charge in [-0.25, -0.2) is 4.52 Å². The zero-order valence-electron chi connectivity index (χ0n) is 7.19. The molecule has 6 nitrogen and oxygen atoms in total. The Labute approximate surface area is 102 Å². The van der Waals surface area contributed by atoms with E-state index in [9.17, 15) is 13.0 Å². The van der Waals surface area contributed by atoms with Gasteiger partial charge < -0.3 is 0 Å². The fourth-order valence-corrected chi connectivity index (χ4v) is 1.83. The molecule has 2 N–H and O–H groups in total. The summed E-state index contributed by atoms with van der Waals surface area (Å²) in [6, 6.07) is 4.97. The van der Waals surface area contributed by atoms with Gasteiger partial charge in [0, 0.05) is 26.3 Å². The van der Waals surface area contributed by atoms with Gasteiger partial charge in [-0.1, -0.05) is 12.1 Å². The summed E-state index contributed by atoms with van der Waals surface area (Å²) in [4.78, 5) is 7.86. The van der Waals surface area contributed by atoms with Gasteiger partial charge in [-0.3, -0.25) is 4.55 Å². The summed E-state index contributed by atoms with van der Waals surface area (Å²) < 4.78 is 44.8. The van der Waals surface area contributed by atoms with E-state index in [4.69, 9.17) is 9.45 Å². The third kappa shape index (κ3) is 4.38. The molecule has 0 spiro atoms.